The van der Waals surface area contributed by atoms with Gasteiger partial charge in [0.1, 0.15) is 11.9 Å². The summed E-state index contributed by atoms with van der Waals surface area (Å²) in [5, 5.41) is 9.05. The molecule has 0 saturated heterocycles. The number of hydrogen-bond acceptors (Lipinski definition) is 8. The van der Waals surface area contributed by atoms with Gasteiger partial charge in [-0.15, -0.1) is 11.3 Å². The Morgan fingerprint density at radius 1 is 1.14 bits per heavy atom. The number of rotatable bonds is 6. The standard InChI is InChI=1S/C23H16ClFN6O5S/c1-26-15-9-14-12(8-13(15)25)21(33)31(22(34)27-14)11-4-2-10(3-5-11)20(32)28-18(16-6-7-17(24)37-16)19-29-23(35)36-30-19/h2-9,18,26H,1H3,(H,27,34)(H,28,32)(H,29,30,35)/t18-/m1/s1. The number of fused-ring (bicyclic) bond motifs is 1. The molecule has 14 heteroatoms. The molecule has 3 heterocycles. The third kappa shape index (κ3) is 4.57. The lowest BCUT2D eigenvalue weighted by Crippen LogP contribution is -2.34. The summed E-state index contributed by atoms with van der Waals surface area (Å²) >= 11 is 7.21. The van der Waals surface area contributed by atoms with Crippen LogP contribution < -0.4 is 27.6 Å². The average molecular weight is 543 g/mol. The zero-order chi connectivity index (χ0) is 26.3. The van der Waals surface area contributed by atoms with Crippen LogP contribution in [0.25, 0.3) is 16.6 Å². The molecule has 0 spiro atoms. The Kier molecular flexibility index (Phi) is 6.23. The van der Waals surface area contributed by atoms with Crippen molar-refractivity contribution in [3.63, 3.8) is 0 Å². The van der Waals surface area contributed by atoms with Gasteiger partial charge in [-0.1, -0.05) is 16.8 Å². The summed E-state index contributed by atoms with van der Waals surface area (Å²) in [5.74, 6) is -1.88. The first-order chi connectivity index (χ1) is 17.7. The van der Waals surface area contributed by atoms with Crippen LogP contribution in [0.1, 0.15) is 27.1 Å². The van der Waals surface area contributed by atoms with Gasteiger partial charge in [-0.05, 0) is 48.5 Å². The lowest BCUT2D eigenvalue weighted by atomic mass is 10.1. The molecule has 0 aliphatic rings. The molecular formula is C23H16ClFN6O5S. The maximum atomic E-state index is 14.2. The van der Waals surface area contributed by atoms with Gasteiger partial charge in [-0.3, -0.25) is 19.1 Å². The molecule has 0 bridgehead atoms. The molecule has 37 heavy (non-hydrogen) atoms. The largest absolute Gasteiger partial charge is 0.438 e. The van der Waals surface area contributed by atoms with Gasteiger partial charge < -0.3 is 15.6 Å². The number of thiophene rings is 1. The van der Waals surface area contributed by atoms with Gasteiger partial charge in [0.2, 0.25) is 0 Å². The summed E-state index contributed by atoms with van der Waals surface area (Å²) in [7, 11) is 1.52. The van der Waals surface area contributed by atoms with E-state index in [-0.39, 0.29) is 33.7 Å². The highest BCUT2D eigenvalue weighted by Gasteiger charge is 2.24. The van der Waals surface area contributed by atoms with E-state index in [9.17, 15) is 23.6 Å². The van der Waals surface area contributed by atoms with Crippen LogP contribution in [0.3, 0.4) is 0 Å². The molecule has 3 aromatic heterocycles. The highest BCUT2D eigenvalue weighted by atomic mass is 35.5. The third-order valence-electron chi connectivity index (χ3n) is 5.53. The van der Waals surface area contributed by atoms with Crippen molar-refractivity contribution in [1.29, 1.82) is 0 Å². The van der Waals surface area contributed by atoms with Crippen molar-refractivity contribution in [1.82, 2.24) is 25.0 Å². The zero-order valence-corrected chi connectivity index (χ0v) is 20.4. The maximum Gasteiger partial charge on any atom is 0.438 e. The molecule has 0 saturated carbocycles. The van der Waals surface area contributed by atoms with E-state index in [2.05, 4.69) is 30.3 Å². The zero-order valence-electron chi connectivity index (χ0n) is 18.8. The Morgan fingerprint density at radius 2 is 1.89 bits per heavy atom. The van der Waals surface area contributed by atoms with E-state index in [0.717, 1.165) is 10.6 Å². The fourth-order valence-electron chi connectivity index (χ4n) is 3.76. The van der Waals surface area contributed by atoms with Crippen LogP contribution in [0.4, 0.5) is 10.1 Å². The summed E-state index contributed by atoms with van der Waals surface area (Å²) < 4.78 is 20.1. The molecule has 5 aromatic rings. The van der Waals surface area contributed by atoms with Gasteiger partial charge in [-0.2, -0.15) is 0 Å². The van der Waals surface area contributed by atoms with E-state index in [4.69, 9.17) is 11.6 Å². The molecule has 0 radical (unpaired) electrons. The Labute approximate surface area is 214 Å². The van der Waals surface area contributed by atoms with Crippen LogP contribution in [0.5, 0.6) is 0 Å². The molecule has 188 valence electrons. The molecule has 0 aliphatic carbocycles. The normalized spacial score (nSPS) is 12.0. The second-order valence-electron chi connectivity index (χ2n) is 7.77. The predicted octanol–water partition coefficient (Wildman–Crippen LogP) is 2.77. The Balaban J connectivity index is 1.47. The molecule has 4 N–H and O–H groups in total. The summed E-state index contributed by atoms with van der Waals surface area (Å²) in [6.07, 6.45) is 0. The van der Waals surface area contributed by atoms with E-state index in [1.807, 2.05) is 0 Å². The number of amides is 1. The molecule has 5 rings (SSSR count). The van der Waals surface area contributed by atoms with Crippen molar-refractivity contribution in [2.24, 2.45) is 0 Å². The van der Waals surface area contributed by atoms with Crippen molar-refractivity contribution >= 4 is 45.4 Å². The van der Waals surface area contributed by atoms with Crippen LogP contribution in [0.2, 0.25) is 4.34 Å². The van der Waals surface area contributed by atoms with Crippen LogP contribution in [0, 0.1) is 5.82 Å². The van der Waals surface area contributed by atoms with Crippen LogP contribution >= 0.6 is 22.9 Å². The maximum absolute atomic E-state index is 14.2. The minimum absolute atomic E-state index is 0.0167. The Bertz CT molecular complexity index is 1820. The minimum atomic E-state index is -0.848. The first-order valence-corrected chi connectivity index (χ1v) is 11.8. The van der Waals surface area contributed by atoms with Crippen molar-refractivity contribution in [3.8, 4) is 5.69 Å². The SMILES string of the molecule is CNc1cc2[nH]c(=O)n(-c3ccc(C(=O)N[C@@H](c4noc(=O)[nH]4)c4ccc(Cl)s4)cc3)c(=O)c2cc1F. The van der Waals surface area contributed by atoms with Gasteiger partial charge in [0, 0.05) is 17.5 Å². The van der Waals surface area contributed by atoms with E-state index < -0.39 is 34.8 Å². The number of carbonyl (C=O) groups excluding carboxylic acids is 1. The highest BCUT2D eigenvalue weighted by Crippen LogP contribution is 2.29. The summed E-state index contributed by atoms with van der Waals surface area (Å²) in [4.78, 5) is 55.7. The lowest BCUT2D eigenvalue weighted by Gasteiger charge is -2.14. The van der Waals surface area contributed by atoms with Crippen molar-refractivity contribution in [3.05, 3.63) is 106 Å². The van der Waals surface area contributed by atoms with E-state index in [1.54, 1.807) is 12.1 Å². The lowest BCUT2D eigenvalue weighted by molar-refractivity contribution is 0.0941. The van der Waals surface area contributed by atoms with Crippen molar-refractivity contribution in [2.45, 2.75) is 6.04 Å². The molecule has 0 fully saturated rings. The van der Waals surface area contributed by atoms with Gasteiger partial charge in [-0.25, -0.2) is 18.5 Å². The molecule has 0 unspecified atom stereocenters. The van der Waals surface area contributed by atoms with E-state index in [1.165, 1.54) is 48.7 Å². The van der Waals surface area contributed by atoms with Gasteiger partial charge in [0.15, 0.2) is 5.82 Å². The Morgan fingerprint density at radius 3 is 2.51 bits per heavy atom. The first kappa shape index (κ1) is 24.2. The smallest absolute Gasteiger partial charge is 0.386 e. The highest BCUT2D eigenvalue weighted by molar-refractivity contribution is 7.16. The van der Waals surface area contributed by atoms with Gasteiger partial charge in [0.25, 0.3) is 11.5 Å². The minimum Gasteiger partial charge on any atom is -0.386 e. The van der Waals surface area contributed by atoms with E-state index in [0.29, 0.717) is 9.21 Å². The number of aromatic nitrogens is 4. The molecule has 1 amide bonds. The number of nitrogens with zero attached hydrogens (tertiary/aromatic N) is 2. The summed E-state index contributed by atoms with van der Waals surface area (Å²) in [5.41, 5.74) is -0.773. The second kappa shape index (κ2) is 9.52. The number of aromatic amines is 2. The quantitative estimate of drug-likeness (QED) is 0.257. The second-order valence-corrected chi connectivity index (χ2v) is 9.52. The average Bonchev–Trinajstić information content (AvgIpc) is 3.51. The monoisotopic (exact) mass is 542 g/mol. The molecule has 2 aromatic carbocycles. The first-order valence-electron chi connectivity index (χ1n) is 10.6. The van der Waals surface area contributed by atoms with Gasteiger partial charge >= 0.3 is 11.4 Å². The number of H-pyrrole nitrogens is 2. The Hall–Kier alpha value is -4.49. The van der Waals surface area contributed by atoms with Crippen LogP contribution in [-0.4, -0.2) is 32.6 Å². The van der Waals surface area contributed by atoms with Gasteiger partial charge in [0.05, 0.1) is 26.6 Å². The summed E-state index contributed by atoms with van der Waals surface area (Å²) in [6.45, 7) is 0. The molecular weight excluding hydrogens is 527 g/mol. The molecule has 0 aliphatic heterocycles. The van der Waals surface area contributed by atoms with Crippen LogP contribution in [-0.2, 0) is 0 Å². The fraction of sp³-hybridized carbons (Fsp3) is 0.0870. The predicted molar refractivity (Wildman–Crippen MR) is 135 cm³/mol. The van der Waals surface area contributed by atoms with Crippen molar-refractivity contribution < 1.29 is 13.7 Å². The number of carbonyl (C=O) groups is 1. The number of halogens is 2. The fourth-order valence-corrected chi connectivity index (χ4v) is 4.88. The van der Waals surface area contributed by atoms with E-state index >= 15 is 0 Å². The topological polar surface area (TPSA) is 155 Å². The van der Waals surface area contributed by atoms with Crippen LogP contribution in [0.15, 0.2) is 67.4 Å². The number of nitrogens with one attached hydrogen (secondary N) is 4. The van der Waals surface area contributed by atoms with Crippen molar-refractivity contribution in [2.75, 3.05) is 12.4 Å². The number of anilines is 1. The summed E-state index contributed by atoms with van der Waals surface area (Å²) in [6, 6.07) is 10.5. The third-order valence-corrected chi connectivity index (χ3v) is 6.82. The molecule has 11 nitrogen and oxygen atoms in total. The number of hydrogen-bond donors (Lipinski definition) is 4. The number of benzene rings is 2. The molecule has 1 atom stereocenters.